The summed E-state index contributed by atoms with van der Waals surface area (Å²) in [5.41, 5.74) is 2.30. The number of nitro benzene ring substituents is 1. The second kappa shape index (κ2) is 9.18. The van der Waals surface area contributed by atoms with E-state index < -0.39 is 35.2 Å². The highest BCUT2D eigenvalue weighted by Gasteiger charge is 2.38. The molecule has 0 fully saturated rings. The van der Waals surface area contributed by atoms with E-state index in [-0.39, 0.29) is 28.1 Å². The Hall–Kier alpha value is -4.86. The third-order valence-corrected chi connectivity index (χ3v) is 5.40. The smallest absolute Gasteiger partial charge is 0.338 e. The Labute approximate surface area is 199 Å². The summed E-state index contributed by atoms with van der Waals surface area (Å²) in [5, 5.41) is 13.2. The second-order valence-corrected chi connectivity index (χ2v) is 7.93. The van der Waals surface area contributed by atoms with Crippen molar-refractivity contribution in [2.45, 2.75) is 13.8 Å². The molecule has 0 radical (unpaired) electrons. The number of nitrogens with one attached hydrogen (secondary N) is 1. The molecule has 10 nitrogen and oxygen atoms in total. The monoisotopic (exact) mass is 473 g/mol. The minimum atomic E-state index is -0.868. The lowest BCUT2D eigenvalue weighted by Crippen LogP contribution is -2.30. The minimum Gasteiger partial charge on any atom is -0.452 e. The zero-order valence-corrected chi connectivity index (χ0v) is 18.7. The number of imide groups is 1. The van der Waals surface area contributed by atoms with E-state index in [9.17, 15) is 29.3 Å². The topological polar surface area (TPSA) is 136 Å². The third kappa shape index (κ3) is 4.62. The van der Waals surface area contributed by atoms with Gasteiger partial charge in [-0.3, -0.25) is 24.5 Å². The van der Waals surface area contributed by atoms with Crippen LogP contribution >= 0.6 is 0 Å². The van der Waals surface area contributed by atoms with Crippen LogP contribution in [-0.2, 0) is 9.53 Å². The molecule has 0 saturated carbocycles. The number of aryl methyl sites for hydroxylation is 2. The molecule has 3 aromatic carbocycles. The van der Waals surface area contributed by atoms with Crippen molar-refractivity contribution in [1.82, 2.24) is 0 Å². The van der Waals surface area contributed by atoms with Crippen molar-refractivity contribution in [2.75, 3.05) is 16.8 Å². The van der Waals surface area contributed by atoms with E-state index in [0.717, 1.165) is 16.0 Å². The maximum absolute atomic E-state index is 13.0. The van der Waals surface area contributed by atoms with E-state index >= 15 is 0 Å². The Kier molecular flexibility index (Phi) is 6.11. The number of hydrogen-bond donors (Lipinski definition) is 1. The van der Waals surface area contributed by atoms with Crippen molar-refractivity contribution in [1.29, 1.82) is 0 Å². The number of rotatable bonds is 6. The number of fused-ring (bicyclic) bond motifs is 1. The van der Waals surface area contributed by atoms with Gasteiger partial charge in [-0.15, -0.1) is 0 Å². The predicted molar refractivity (Wildman–Crippen MR) is 126 cm³/mol. The first-order chi connectivity index (χ1) is 16.7. The molecular weight excluding hydrogens is 454 g/mol. The summed E-state index contributed by atoms with van der Waals surface area (Å²) in [6.07, 6.45) is 0. The first-order valence-corrected chi connectivity index (χ1v) is 10.5. The van der Waals surface area contributed by atoms with Crippen molar-refractivity contribution >= 4 is 40.8 Å². The average Bonchev–Trinajstić information content (AvgIpc) is 3.08. The Balaban J connectivity index is 1.46. The van der Waals surface area contributed by atoms with Crippen LogP contribution in [0, 0.1) is 24.0 Å². The molecule has 4 rings (SSSR count). The van der Waals surface area contributed by atoms with Crippen LogP contribution in [0.3, 0.4) is 0 Å². The Morgan fingerprint density at radius 2 is 1.71 bits per heavy atom. The zero-order chi connectivity index (χ0) is 25.3. The molecule has 0 aromatic heterocycles. The Morgan fingerprint density at radius 1 is 0.971 bits per heavy atom. The summed E-state index contributed by atoms with van der Waals surface area (Å²) in [5.74, 6) is -2.62. The molecule has 0 unspecified atom stereocenters. The quantitative estimate of drug-likeness (QED) is 0.249. The SMILES string of the molecule is Cc1ccc(C)c(N2C(=O)c3ccc(C(=O)OCC(=O)Nc4cccc([N+](=O)[O-])c4)cc3C2=O)c1. The van der Waals surface area contributed by atoms with Gasteiger partial charge in [-0.05, 0) is 55.3 Å². The molecule has 35 heavy (non-hydrogen) atoms. The van der Waals surface area contributed by atoms with Gasteiger partial charge in [0.25, 0.3) is 23.4 Å². The van der Waals surface area contributed by atoms with E-state index in [4.69, 9.17) is 4.74 Å². The molecular formula is C25H19N3O7. The van der Waals surface area contributed by atoms with Gasteiger partial charge in [-0.1, -0.05) is 18.2 Å². The van der Waals surface area contributed by atoms with Crippen LogP contribution in [0.15, 0.2) is 60.7 Å². The van der Waals surface area contributed by atoms with Crippen molar-refractivity contribution in [2.24, 2.45) is 0 Å². The number of ether oxygens (including phenoxy) is 1. The van der Waals surface area contributed by atoms with Crippen LogP contribution in [0.2, 0.25) is 0 Å². The number of esters is 1. The van der Waals surface area contributed by atoms with Crippen LogP contribution in [0.1, 0.15) is 42.2 Å². The van der Waals surface area contributed by atoms with Crippen LogP contribution in [0.25, 0.3) is 0 Å². The number of hydrogen-bond acceptors (Lipinski definition) is 7. The summed E-state index contributed by atoms with van der Waals surface area (Å²) in [6, 6.07) is 14.7. The number of benzene rings is 3. The first kappa shape index (κ1) is 23.3. The van der Waals surface area contributed by atoms with Crippen molar-refractivity contribution in [3.8, 4) is 0 Å². The van der Waals surface area contributed by atoms with Gasteiger partial charge in [0, 0.05) is 17.8 Å². The lowest BCUT2D eigenvalue weighted by Gasteiger charge is -2.17. The van der Waals surface area contributed by atoms with Crippen LogP contribution in [-0.4, -0.2) is 35.2 Å². The van der Waals surface area contributed by atoms with E-state index in [1.807, 2.05) is 19.1 Å². The minimum absolute atomic E-state index is 0.00383. The number of non-ortho nitro benzene ring substituents is 1. The van der Waals surface area contributed by atoms with Gasteiger partial charge in [-0.2, -0.15) is 0 Å². The van der Waals surface area contributed by atoms with Gasteiger partial charge in [0.2, 0.25) is 0 Å². The van der Waals surface area contributed by atoms with E-state index in [1.54, 1.807) is 13.0 Å². The highest BCUT2D eigenvalue weighted by Crippen LogP contribution is 2.32. The molecule has 0 atom stereocenters. The van der Waals surface area contributed by atoms with E-state index in [1.165, 1.54) is 42.5 Å². The third-order valence-electron chi connectivity index (χ3n) is 5.40. The largest absolute Gasteiger partial charge is 0.452 e. The zero-order valence-electron chi connectivity index (χ0n) is 18.7. The Bertz CT molecular complexity index is 1410. The highest BCUT2D eigenvalue weighted by atomic mass is 16.6. The molecule has 0 bridgehead atoms. The van der Waals surface area contributed by atoms with E-state index in [2.05, 4.69) is 5.32 Å². The van der Waals surface area contributed by atoms with Crippen molar-refractivity contribution < 1.29 is 28.8 Å². The molecule has 1 N–H and O–H groups in total. The summed E-state index contributed by atoms with van der Waals surface area (Å²) in [6.45, 7) is 2.99. The molecule has 1 heterocycles. The van der Waals surface area contributed by atoms with E-state index in [0.29, 0.717) is 5.69 Å². The van der Waals surface area contributed by atoms with Crippen LogP contribution in [0.4, 0.5) is 17.1 Å². The standard InChI is InChI=1S/C25H19N3O7/c1-14-6-7-15(2)21(10-14)27-23(30)19-9-8-16(11-20(19)24(27)31)25(32)35-13-22(29)26-17-4-3-5-18(12-17)28(33)34/h3-12H,13H2,1-2H3,(H,26,29). The van der Waals surface area contributed by atoms with Gasteiger partial charge in [0.05, 0.1) is 27.3 Å². The predicted octanol–water partition coefficient (Wildman–Crippen LogP) is 3.81. The maximum atomic E-state index is 13.0. The molecule has 0 saturated heterocycles. The summed E-state index contributed by atoms with van der Waals surface area (Å²) >= 11 is 0. The molecule has 3 amide bonds. The van der Waals surface area contributed by atoms with Gasteiger partial charge in [-0.25, -0.2) is 9.69 Å². The highest BCUT2D eigenvalue weighted by molar-refractivity contribution is 6.35. The van der Waals surface area contributed by atoms with Gasteiger partial charge in [0.15, 0.2) is 6.61 Å². The molecule has 3 aromatic rings. The lowest BCUT2D eigenvalue weighted by molar-refractivity contribution is -0.384. The number of carbonyl (C=O) groups excluding carboxylic acids is 4. The number of amides is 3. The summed E-state index contributed by atoms with van der Waals surface area (Å²) < 4.78 is 5.01. The fourth-order valence-corrected chi connectivity index (χ4v) is 3.66. The van der Waals surface area contributed by atoms with Crippen LogP contribution in [0.5, 0.6) is 0 Å². The summed E-state index contributed by atoms with van der Waals surface area (Å²) in [7, 11) is 0. The molecule has 0 spiro atoms. The summed E-state index contributed by atoms with van der Waals surface area (Å²) in [4.78, 5) is 61.8. The lowest BCUT2D eigenvalue weighted by atomic mass is 10.1. The van der Waals surface area contributed by atoms with Crippen LogP contribution < -0.4 is 10.2 Å². The van der Waals surface area contributed by atoms with Gasteiger partial charge in [0.1, 0.15) is 0 Å². The maximum Gasteiger partial charge on any atom is 0.338 e. The average molecular weight is 473 g/mol. The first-order valence-electron chi connectivity index (χ1n) is 10.5. The molecule has 176 valence electrons. The number of carbonyl (C=O) groups is 4. The molecule has 1 aliphatic heterocycles. The van der Waals surface area contributed by atoms with Gasteiger partial charge >= 0.3 is 5.97 Å². The number of anilines is 2. The Morgan fingerprint density at radius 3 is 2.46 bits per heavy atom. The number of nitrogens with zero attached hydrogens (tertiary/aromatic N) is 2. The number of nitro groups is 1. The fourth-order valence-electron chi connectivity index (χ4n) is 3.66. The fraction of sp³-hybridized carbons (Fsp3) is 0.120. The van der Waals surface area contributed by atoms with Gasteiger partial charge < -0.3 is 10.1 Å². The molecule has 0 aliphatic carbocycles. The normalized spacial score (nSPS) is 12.3. The molecule has 1 aliphatic rings. The molecule has 10 heteroatoms. The second-order valence-electron chi connectivity index (χ2n) is 7.93. The van der Waals surface area contributed by atoms with Crippen molar-refractivity contribution in [3.05, 3.63) is 98.6 Å². The van der Waals surface area contributed by atoms with Crippen molar-refractivity contribution in [3.63, 3.8) is 0 Å².